The van der Waals surface area contributed by atoms with Gasteiger partial charge in [-0.15, -0.1) is 0 Å². The number of amides is 1. The number of hydrogen-bond acceptors (Lipinski definition) is 8. The lowest BCUT2D eigenvalue weighted by Gasteiger charge is -2.48. The van der Waals surface area contributed by atoms with Crippen LogP contribution in [-0.4, -0.2) is 71.9 Å². The lowest BCUT2D eigenvalue weighted by atomic mass is 9.96. The van der Waals surface area contributed by atoms with E-state index in [2.05, 4.69) is 15.0 Å². The molecule has 1 amide bonds. The lowest BCUT2D eigenvalue weighted by molar-refractivity contribution is -0.300. The molecule has 12 heteroatoms. The molecule has 2 aromatic rings. The first-order valence-electron chi connectivity index (χ1n) is 11.8. The summed E-state index contributed by atoms with van der Waals surface area (Å²) in [6.07, 6.45) is 0.103. The van der Waals surface area contributed by atoms with E-state index in [1.54, 1.807) is 11.0 Å². The number of rotatable bonds is 7. The molecule has 0 saturated carbocycles. The van der Waals surface area contributed by atoms with Crippen LogP contribution in [-0.2, 0) is 18.9 Å². The Labute approximate surface area is 217 Å². The summed E-state index contributed by atoms with van der Waals surface area (Å²) in [4.78, 5) is 22.7. The van der Waals surface area contributed by atoms with Gasteiger partial charge in [0.05, 0.1) is 17.7 Å². The zero-order chi connectivity index (χ0) is 25.1. The lowest BCUT2D eigenvalue weighted by Crippen LogP contribution is -2.60. The molecule has 1 aromatic carbocycles. The Hall–Kier alpha value is -2.37. The molecule has 0 aliphatic carbocycles. The Morgan fingerprint density at radius 1 is 1.33 bits per heavy atom. The average Bonchev–Trinajstić information content (AvgIpc) is 2.85. The maximum Gasteiger partial charge on any atom is 0.273 e. The first kappa shape index (κ1) is 25.3. The monoisotopic (exact) mass is 531 g/mol. The van der Waals surface area contributed by atoms with Gasteiger partial charge < -0.3 is 23.8 Å². The third-order valence-corrected chi connectivity index (χ3v) is 7.72. The maximum absolute atomic E-state index is 13.0. The number of halogens is 1. The van der Waals surface area contributed by atoms with Gasteiger partial charge in [0.15, 0.2) is 6.29 Å². The highest BCUT2D eigenvalue weighted by Gasteiger charge is 2.50. The van der Waals surface area contributed by atoms with Gasteiger partial charge in [-0.25, -0.2) is 4.98 Å². The van der Waals surface area contributed by atoms with E-state index >= 15 is 0 Å². The predicted molar refractivity (Wildman–Crippen MR) is 133 cm³/mol. The van der Waals surface area contributed by atoms with Crippen molar-refractivity contribution in [2.45, 2.75) is 54.3 Å². The molecule has 3 unspecified atom stereocenters. The molecular weight excluding hydrogens is 506 g/mol. The maximum atomic E-state index is 13.0. The molecule has 0 radical (unpaired) electrons. The number of nitrogens with zero attached hydrogens (tertiary/aromatic N) is 5. The number of azide groups is 1. The standard InChI is InChI=1S/C24H26ClN5O5S/c1-2-32-21-19(28-29-26)20-16(13-33-23(35-20)14-7-4-3-5-8-14)34-24(21)36-17-11-15(25)12-27-18(17)22(31)30-9-6-10-30/h3-5,7-8,11-12,16,19-21,23-24H,2,6,9-10,13H2,1H3/t16?,19-,20-,21?,23?,24+/m0/s1. The largest absolute Gasteiger partial charge is 0.374 e. The highest BCUT2D eigenvalue weighted by atomic mass is 35.5. The first-order valence-corrected chi connectivity index (χ1v) is 13.1. The fraction of sp³-hybridized carbons (Fsp3) is 0.500. The number of benzene rings is 1. The van der Waals surface area contributed by atoms with Gasteiger partial charge in [-0.1, -0.05) is 58.8 Å². The predicted octanol–water partition coefficient (Wildman–Crippen LogP) is 4.60. The summed E-state index contributed by atoms with van der Waals surface area (Å²) in [5.41, 5.74) is 9.94. The molecule has 10 nitrogen and oxygen atoms in total. The van der Waals surface area contributed by atoms with Gasteiger partial charge in [0.25, 0.3) is 5.91 Å². The summed E-state index contributed by atoms with van der Waals surface area (Å²) in [6, 6.07) is 10.6. The first-order chi connectivity index (χ1) is 17.6. The second kappa shape index (κ2) is 11.4. The molecule has 3 fully saturated rings. The number of ether oxygens (including phenoxy) is 4. The Bertz CT molecular complexity index is 1130. The topological polar surface area (TPSA) is 119 Å². The van der Waals surface area contributed by atoms with Crippen molar-refractivity contribution < 1.29 is 23.7 Å². The van der Waals surface area contributed by atoms with Gasteiger partial charge in [-0.05, 0) is 24.9 Å². The van der Waals surface area contributed by atoms with Crippen LogP contribution < -0.4 is 0 Å². The van der Waals surface area contributed by atoms with Gasteiger partial charge in [0.1, 0.15) is 29.4 Å². The zero-order valence-corrected chi connectivity index (χ0v) is 21.2. The van der Waals surface area contributed by atoms with Gasteiger partial charge in [0.2, 0.25) is 0 Å². The van der Waals surface area contributed by atoms with Crippen LogP contribution in [0.2, 0.25) is 5.02 Å². The molecule has 0 N–H and O–H groups in total. The number of carbonyl (C=O) groups is 1. The average molecular weight is 532 g/mol. The SMILES string of the molecule is CCOC1[C@@H](Sc2cc(Cl)cnc2C(=O)N2CCC2)OC2COC(c3ccccc3)O[C@@H]2[C@@H]1N=[N+]=[N-]. The van der Waals surface area contributed by atoms with E-state index in [1.807, 2.05) is 37.3 Å². The Balaban J connectivity index is 1.42. The van der Waals surface area contributed by atoms with E-state index in [9.17, 15) is 10.3 Å². The molecule has 3 saturated heterocycles. The fourth-order valence-corrected chi connectivity index (χ4v) is 5.96. The summed E-state index contributed by atoms with van der Waals surface area (Å²) >= 11 is 7.53. The Morgan fingerprint density at radius 3 is 2.83 bits per heavy atom. The fourth-order valence-electron chi connectivity index (χ4n) is 4.47. The number of thioether (sulfide) groups is 1. The minimum absolute atomic E-state index is 0.149. The number of pyridine rings is 1. The van der Waals surface area contributed by atoms with Crippen molar-refractivity contribution in [1.82, 2.24) is 9.88 Å². The van der Waals surface area contributed by atoms with Crippen LogP contribution in [0, 0.1) is 0 Å². The van der Waals surface area contributed by atoms with E-state index in [-0.39, 0.29) is 12.5 Å². The van der Waals surface area contributed by atoms with E-state index in [0.717, 1.165) is 12.0 Å². The summed E-state index contributed by atoms with van der Waals surface area (Å²) in [5.74, 6) is -0.149. The minimum atomic E-state index is -0.678. The summed E-state index contributed by atoms with van der Waals surface area (Å²) in [6.45, 7) is 3.87. The molecule has 36 heavy (non-hydrogen) atoms. The molecular formula is C24H26ClN5O5S. The van der Waals surface area contributed by atoms with Crippen LogP contribution >= 0.6 is 23.4 Å². The van der Waals surface area contributed by atoms with Crippen molar-refractivity contribution in [3.05, 3.63) is 69.3 Å². The van der Waals surface area contributed by atoms with E-state index in [1.165, 1.54) is 18.0 Å². The smallest absolute Gasteiger partial charge is 0.273 e. The van der Waals surface area contributed by atoms with Crippen molar-refractivity contribution in [1.29, 1.82) is 0 Å². The minimum Gasteiger partial charge on any atom is -0.374 e. The summed E-state index contributed by atoms with van der Waals surface area (Å²) in [5, 5.41) is 4.48. The molecule has 3 aliphatic heterocycles. The molecule has 0 bridgehead atoms. The van der Waals surface area contributed by atoms with E-state index in [0.29, 0.717) is 35.3 Å². The quantitative estimate of drug-likeness (QED) is 0.291. The molecule has 190 valence electrons. The van der Waals surface area contributed by atoms with Crippen LogP contribution in [0.5, 0.6) is 0 Å². The molecule has 3 aliphatic rings. The number of likely N-dealkylation sites (tertiary alicyclic amines) is 1. The second-order valence-electron chi connectivity index (χ2n) is 8.60. The molecule has 5 rings (SSSR count). The highest BCUT2D eigenvalue weighted by Crippen LogP contribution is 2.42. The van der Waals surface area contributed by atoms with Crippen LogP contribution in [0.3, 0.4) is 0 Å². The summed E-state index contributed by atoms with van der Waals surface area (Å²) < 4.78 is 24.7. The third-order valence-electron chi connectivity index (χ3n) is 6.33. The third kappa shape index (κ3) is 5.19. The van der Waals surface area contributed by atoms with Crippen molar-refractivity contribution in [3.63, 3.8) is 0 Å². The van der Waals surface area contributed by atoms with Gasteiger partial charge >= 0.3 is 0 Å². The normalized spacial score (nSPS) is 29.6. The molecule has 1 aromatic heterocycles. The number of carbonyl (C=O) groups excluding carboxylic acids is 1. The van der Waals surface area contributed by atoms with Crippen LogP contribution in [0.25, 0.3) is 10.4 Å². The van der Waals surface area contributed by atoms with Gasteiger partial charge in [0, 0.05) is 41.3 Å². The Morgan fingerprint density at radius 2 is 2.14 bits per heavy atom. The highest BCUT2D eigenvalue weighted by molar-refractivity contribution is 8.00. The van der Waals surface area contributed by atoms with Crippen LogP contribution in [0.15, 0.2) is 52.6 Å². The van der Waals surface area contributed by atoms with E-state index in [4.69, 9.17) is 30.5 Å². The number of hydrogen-bond donors (Lipinski definition) is 0. The van der Waals surface area contributed by atoms with Crippen molar-refractivity contribution in [2.75, 3.05) is 26.3 Å². The van der Waals surface area contributed by atoms with Crippen molar-refractivity contribution >= 4 is 29.3 Å². The van der Waals surface area contributed by atoms with Gasteiger partial charge in [-0.2, -0.15) is 0 Å². The van der Waals surface area contributed by atoms with Crippen molar-refractivity contribution in [3.8, 4) is 0 Å². The molecule has 4 heterocycles. The zero-order valence-electron chi connectivity index (χ0n) is 19.6. The van der Waals surface area contributed by atoms with Crippen molar-refractivity contribution in [2.24, 2.45) is 5.11 Å². The van der Waals surface area contributed by atoms with Crippen LogP contribution in [0.1, 0.15) is 35.7 Å². The second-order valence-corrected chi connectivity index (χ2v) is 10.2. The molecule has 0 spiro atoms. The summed E-state index contributed by atoms with van der Waals surface area (Å²) in [7, 11) is 0. The van der Waals surface area contributed by atoms with Gasteiger partial charge in [-0.3, -0.25) is 4.79 Å². The van der Waals surface area contributed by atoms with Crippen LogP contribution in [0.4, 0.5) is 0 Å². The number of aromatic nitrogens is 1. The number of fused-ring (bicyclic) bond motifs is 1. The van der Waals surface area contributed by atoms with E-state index < -0.39 is 36.1 Å². The molecule has 6 atom stereocenters. The Kier molecular flexibility index (Phi) is 7.97.